The van der Waals surface area contributed by atoms with Crippen LogP contribution in [0.5, 0.6) is 5.75 Å². The fraction of sp³-hybridized carbons (Fsp3) is 0.718. The summed E-state index contributed by atoms with van der Waals surface area (Å²) in [5.41, 5.74) is 3.48. The van der Waals surface area contributed by atoms with E-state index in [-0.39, 0.29) is 44.9 Å². The third-order valence-corrected chi connectivity index (χ3v) is 14.6. The number of aliphatic hydroxyl groups excluding tert-OH is 1. The maximum Gasteiger partial charge on any atom is 0.331 e. The topological polar surface area (TPSA) is 66.8 Å². The van der Waals surface area contributed by atoms with E-state index in [1.807, 2.05) is 0 Å². The van der Waals surface area contributed by atoms with Gasteiger partial charge < -0.3 is 14.9 Å². The molecule has 4 saturated carbocycles. The summed E-state index contributed by atoms with van der Waals surface area (Å²) in [5, 5.41) is 20.3. The van der Waals surface area contributed by atoms with E-state index in [2.05, 4.69) is 54.5 Å². The van der Waals surface area contributed by atoms with E-state index in [1.54, 1.807) is 35.9 Å². The standard InChI is InChI=1S/C39H56O4/c1-34(2)20-22-39(25-40)23-21-37(6)28(29(39)24-34)13-14-31-36(5)18-17-32(35(3,4)30(36)16-19-38(31,37)7)43-33(42)15-10-26-8-11-27(41)12-9-26/h8-13,15,29-32,40-41H,14,16-25H2,1-7H3/t29-,30-,31-,32-,36+,37-,38+,39+/m0/s1. The third-order valence-electron chi connectivity index (χ3n) is 14.6. The highest BCUT2D eigenvalue weighted by molar-refractivity contribution is 5.87. The molecule has 0 spiro atoms. The van der Waals surface area contributed by atoms with Crippen LogP contribution in [0.15, 0.2) is 42.0 Å². The Balaban J connectivity index is 1.25. The smallest absolute Gasteiger partial charge is 0.331 e. The molecule has 4 nitrogen and oxygen atoms in total. The minimum absolute atomic E-state index is 0.0752. The summed E-state index contributed by atoms with van der Waals surface area (Å²) < 4.78 is 6.20. The Bertz CT molecular complexity index is 1300. The number of allylic oxidation sites excluding steroid dienone is 2. The maximum atomic E-state index is 13.0. The van der Waals surface area contributed by atoms with E-state index in [0.29, 0.717) is 29.8 Å². The van der Waals surface area contributed by atoms with Crippen LogP contribution in [-0.2, 0) is 9.53 Å². The van der Waals surface area contributed by atoms with Crippen molar-refractivity contribution < 1.29 is 19.7 Å². The van der Waals surface area contributed by atoms with Crippen molar-refractivity contribution >= 4 is 12.0 Å². The van der Waals surface area contributed by atoms with Gasteiger partial charge in [0, 0.05) is 23.5 Å². The van der Waals surface area contributed by atoms with Gasteiger partial charge in [0.25, 0.3) is 0 Å². The highest BCUT2D eigenvalue weighted by Crippen LogP contribution is 2.75. The van der Waals surface area contributed by atoms with Gasteiger partial charge in [0.2, 0.25) is 0 Å². The van der Waals surface area contributed by atoms with Gasteiger partial charge in [-0.2, -0.15) is 0 Å². The molecule has 1 aromatic rings. The number of hydrogen-bond acceptors (Lipinski definition) is 4. The number of carbonyl (C=O) groups is 1. The minimum atomic E-state index is -0.280. The molecule has 0 heterocycles. The van der Waals surface area contributed by atoms with Gasteiger partial charge in [0.1, 0.15) is 11.9 Å². The lowest BCUT2D eigenvalue weighted by Crippen LogP contribution is -2.65. The monoisotopic (exact) mass is 588 g/mol. The molecule has 0 radical (unpaired) electrons. The molecule has 236 valence electrons. The number of hydrogen-bond donors (Lipinski definition) is 2. The molecular formula is C39H56O4. The molecule has 0 aliphatic heterocycles. The zero-order valence-electron chi connectivity index (χ0n) is 27.8. The van der Waals surface area contributed by atoms with Crippen LogP contribution in [0.3, 0.4) is 0 Å². The maximum absolute atomic E-state index is 13.0. The SMILES string of the molecule is CC1(C)CC[C@]2(CO)CC[C@@]3(C)C(=CC[C@H]4[C@]5(C)CC[C@H](OC(=O)C=Cc6ccc(O)cc6)C(C)(C)[C@@H]5CC[C@]43C)[C@@H]2C1. The third kappa shape index (κ3) is 4.67. The van der Waals surface area contributed by atoms with Gasteiger partial charge in [0.15, 0.2) is 0 Å². The Morgan fingerprint density at radius 2 is 1.60 bits per heavy atom. The number of aromatic hydroxyl groups is 1. The summed E-state index contributed by atoms with van der Waals surface area (Å²) in [5.74, 6) is 1.55. The zero-order chi connectivity index (χ0) is 31.1. The molecule has 0 bridgehead atoms. The first-order chi connectivity index (χ1) is 20.1. The van der Waals surface area contributed by atoms with Crippen molar-refractivity contribution in [1.82, 2.24) is 0 Å². The number of phenolic OH excluding ortho intramolecular Hbond substituents is 1. The van der Waals surface area contributed by atoms with E-state index in [9.17, 15) is 15.0 Å². The molecule has 0 unspecified atom stereocenters. The fourth-order valence-corrected chi connectivity index (χ4v) is 11.8. The van der Waals surface area contributed by atoms with Crippen molar-refractivity contribution in [2.75, 3.05) is 6.61 Å². The number of phenols is 1. The minimum Gasteiger partial charge on any atom is -0.508 e. The normalized spacial score (nSPS) is 43.0. The summed E-state index contributed by atoms with van der Waals surface area (Å²) in [6.45, 7) is 17.7. The molecular weight excluding hydrogens is 532 g/mol. The second kappa shape index (κ2) is 10.2. The van der Waals surface area contributed by atoms with E-state index >= 15 is 0 Å². The predicted molar refractivity (Wildman–Crippen MR) is 173 cm³/mol. The number of benzene rings is 1. The lowest BCUT2D eigenvalue weighted by molar-refractivity contribution is -0.212. The van der Waals surface area contributed by atoms with Gasteiger partial charge in [-0.1, -0.05) is 72.2 Å². The number of esters is 1. The average molecular weight is 589 g/mol. The molecule has 8 atom stereocenters. The first-order valence-electron chi connectivity index (χ1n) is 17.1. The first-order valence-corrected chi connectivity index (χ1v) is 17.1. The molecule has 5 aliphatic rings. The van der Waals surface area contributed by atoms with Crippen molar-refractivity contribution in [2.45, 2.75) is 119 Å². The summed E-state index contributed by atoms with van der Waals surface area (Å²) in [7, 11) is 0. The molecule has 0 amide bonds. The molecule has 43 heavy (non-hydrogen) atoms. The molecule has 0 aromatic heterocycles. The molecule has 1 aromatic carbocycles. The van der Waals surface area contributed by atoms with Crippen molar-refractivity contribution in [3.63, 3.8) is 0 Å². The van der Waals surface area contributed by atoms with Crippen LogP contribution in [0.1, 0.15) is 118 Å². The van der Waals surface area contributed by atoms with E-state index < -0.39 is 0 Å². The van der Waals surface area contributed by atoms with Crippen LogP contribution in [-0.4, -0.2) is 28.9 Å². The Hall–Kier alpha value is -2.07. The number of rotatable bonds is 4. The van der Waals surface area contributed by atoms with Crippen molar-refractivity contribution in [1.29, 1.82) is 0 Å². The molecule has 5 aliphatic carbocycles. The van der Waals surface area contributed by atoms with Crippen molar-refractivity contribution in [3.8, 4) is 5.75 Å². The number of aliphatic hydroxyl groups is 1. The Morgan fingerprint density at radius 3 is 2.30 bits per heavy atom. The molecule has 4 fully saturated rings. The van der Waals surface area contributed by atoms with Gasteiger partial charge in [-0.15, -0.1) is 0 Å². The van der Waals surface area contributed by atoms with Gasteiger partial charge in [-0.05, 0) is 127 Å². The Kier molecular flexibility index (Phi) is 7.36. The summed E-state index contributed by atoms with van der Waals surface area (Å²) in [6.07, 6.45) is 17.4. The van der Waals surface area contributed by atoms with Gasteiger partial charge in [-0.25, -0.2) is 4.79 Å². The van der Waals surface area contributed by atoms with Gasteiger partial charge in [0.05, 0.1) is 0 Å². The second-order valence-electron chi connectivity index (χ2n) is 17.4. The van der Waals surface area contributed by atoms with Crippen LogP contribution >= 0.6 is 0 Å². The molecule has 6 rings (SSSR count). The van der Waals surface area contributed by atoms with E-state index in [4.69, 9.17) is 4.74 Å². The average Bonchev–Trinajstić information content (AvgIpc) is 2.94. The molecule has 0 saturated heterocycles. The Labute approximate surface area is 260 Å². The number of fused-ring (bicyclic) bond motifs is 7. The second-order valence-corrected chi connectivity index (χ2v) is 17.4. The number of ether oxygens (including phenoxy) is 1. The summed E-state index contributed by atoms with van der Waals surface area (Å²) in [6, 6.07) is 6.85. The Morgan fingerprint density at radius 1 is 0.907 bits per heavy atom. The largest absolute Gasteiger partial charge is 0.508 e. The molecule has 2 N–H and O–H groups in total. The fourth-order valence-electron chi connectivity index (χ4n) is 11.8. The zero-order valence-corrected chi connectivity index (χ0v) is 27.8. The summed E-state index contributed by atoms with van der Waals surface area (Å²) >= 11 is 0. The van der Waals surface area contributed by atoms with Crippen molar-refractivity contribution in [3.05, 3.63) is 47.6 Å². The lowest BCUT2D eigenvalue weighted by Gasteiger charge is -2.71. The van der Waals surface area contributed by atoms with E-state index in [0.717, 1.165) is 37.7 Å². The lowest BCUT2D eigenvalue weighted by atomic mass is 9.33. The number of carbonyl (C=O) groups excluding carboxylic acids is 1. The molecule has 4 heteroatoms. The predicted octanol–water partition coefficient (Wildman–Crippen LogP) is 9.11. The van der Waals surface area contributed by atoms with Gasteiger partial charge in [-0.3, -0.25) is 0 Å². The van der Waals surface area contributed by atoms with Crippen LogP contribution in [0.25, 0.3) is 6.08 Å². The van der Waals surface area contributed by atoms with Crippen LogP contribution < -0.4 is 0 Å². The van der Waals surface area contributed by atoms with Crippen LogP contribution in [0, 0.1) is 50.2 Å². The van der Waals surface area contributed by atoms with Crippen molar-refractivity contribution in [2.24, 2.45) is 50.2 Å². The highest BCUT2D eigenvalue weighted by atomic mass is 16.5. The first kappa shape index (κ1) is 30.9. The van der Waals surface area contributed by atoms with Crippen LogP contribution in [0.2, 0.25) is 0 Å². The summed E-state index contributed by atoms with van der Waals surface area (Å²) in [4.78, 5) is 13.0. The van der Waals surface area contributed by atoms with Gasteiger partial charge >= 0.3 is 5.97 Å². The van der Waals surface area contributed by atoms with E-state index in [1.165, 1.54) is 38.2 Å². The quantitative estimate of drug-likeness (QED) is 0.209. The van der Waals surface area contributed by atoms with Crippen LogP contribution in [0.4, 0.5) is 0 Å². The highest BCUT2D eigenvalue weighted by Gasteiger charge is 2.68.